The Morgan fingerprint density at radius 1 is 1.14 bits per heavy atom. The number of ether oxygens (including phenoxy) is 3. The standard InChI is InChI=1S/C21H20BrClN2O3/c22-17-7-5-16(6-8-17)11-26-18-12-27-21(28-13-18,14-25-10-9-24-15-25)19-3-1-2-4-20(19)23/h1-10,15,18H,11-14H2/t18-,21+. The summed E-state index contributed by atoms with van der Waals surface area (Å²) in [5.41, 5.74) is 1.90. The van der Waals surface area contributed by atoms with Gasteiger partial charge in [0.05, 0.1) is 32.7 Å². The highest BCUT2D eigenvalue weighted by atomic mass is 79.9. The molecule has 0 saturated carbocycles. The van der Waals surface area contributed by atoms with Gasteiger partial charge < -0.3 is 18.8 Å². The average Bonchev–Trinajstić information content (AvgIpc) is 3.22. The summed E-state index contributed by atoms with van der Waals surface area (Å²) in [5.74, 6) is -0.976. The number of imidazole rings is 1. The lowest BCUT2D eigenvalue weighted by molar-refractivity contribution is -0.313. The van der Waals surface area contributed by atoms with E-state index in [0.29, 0.717) is 31.4 Å². The van der Waals surface area contributed by atoms with Gasteiger partial charge in [-0.05, 0) is 23.8 Å². The molecule has 0 unspecified atom stereocenters. The van der Waals surface area contributed by atoms with Gasteiger partial charge in [0.1, 0.15) is 6.10 Å². The second-order valence-corrected chi connectivity index (χ2v) is 7.97. The van der Waals surface area contributed by atoms with Gasteiger partial charge in [-0.1, -0.05) is 57.9 Å². The fraction of sp³-hybridized carbons (Fsp3) is 0.286. The van der Waals surface area contributed by atoms with Crippen LogP contribution >= 0.6 is 27.5 Å². The predicted octanol–water partition coefficient (Wildman–Crippen LogP) is 4.78. The van der Waals surface area contributed by atoms with Crippen molar-refractivity contribution in [1.82, 2.24) is 9.55 Å². The highest BCUT2D eigenvalue weighted by Gasteiger charge is 2.41. The molecule has 5 nitrogen and oxygen atoms in total. The summed E-state index contributed by atoms with van der Waals surface area (Å²) >= 11 is 9.90. The number of halogens is 2. The Bertz CT molecular complexity index is 894. The predicted molar refractivity (Wildman–Crippen MR) is 110 cm³/mol. The Labute approximate surface area is 177 Å². The summed E-state index contributed by atoms with van der Waals surface area (Å²) in [4.78, 5) is 4.11. The van der Waals surface area contributed by atoms with Crippen LogP contribution in [-0.2, 0) is 33.1 Å². The average molecular weight is 464 g/mol. The first kappa shape index (κ1) is 19.6. The van der Waals surface area contributed by atoms with Gasteiger partial charge in [0.2, 0.25) is 5.79 Å². The lowest BCUT2D eigenvalue weighted by Crippen LogP contribution is -2.47. The summed E-state index contributed by atoms with van der Waals surface area (Å²) in [6, 6.07) is 15.7. The molecule has 0 bridgehead atoms. The van der Waals surface area contributed by atoms with Crippen LogP contribution in [0.15, 0.2) is 71.7 Å². The summed E-state index contributed by atoms with van der Waals surface area (Å²) in [6.45, 7) is 1.79. The second-order valence-electron chi connectivity index (χ2n) is 6.65. The van der Waals surface area contributed by atoms with Crippen LogP contribution in [0.5, 0.6) is 0 Å². The zero-order valence-corrected chi connectivity index (χ0v) is 17.5. The molecule has 0 spiro atoms. The van der Waals surface area contributed by atoms with Gasteiger partial charge in [0.25, 0.3) is 0 Å². The minimum Gasteiger partial charge on any atom is -0.369 e. The number of hydrogen-bond donors (Lipinski definition) is 0. The van der Waals surface area contributed by atoms with Crippen LogP contribution in [0.4, 0.5) is 0 Å². The first-order chi connectivity index (χ1) is 13.6. The largest absolute Gasteiger partial charge is 0.369 e. The molecule has 146 valence electrons. The lowest BCUT2D eigenvalue weighted by Gasteiger charge is -2.40. The van der Waals surface area contributed by atoms with Crippen molar-refractivity contribution in [3.8, 4) is 0 Å². The van der Waals surface area contributed by atoms with Crippen molar-refractivity contribution >= 4 is 27.5 Å². The normalized spacial score (nSPS) is 22.3. The number of aromatic nitrogens is 2. The van der Waals surface area contributed by atoms with Crippen molar-refractivity contribution in [1.29, 1.82) is 0 Å². The minimum absolute atomic E-state index is 0.151. The van der Waals surface area contributed by atoms with E-state index in [1.807, 2.05) is 59.3 Å². The number of hydrogen-bond acceptors (Lipinski definition) is 4. The van der Waals surface area contributed by atoms with Gasteiger partial charge in [-0.2, -0.15) is 0 Å². The van der Waals surface area contributed by atoms with E-state index in [2.05, 4.69) is 20.9 Å². The zero-order chi connectivity index (χ0) is 19.4. The van der Waals surface area contributed by atoms with Gasteiger partial charge in [-0.3, -0.25) is 0 Å². The van der Waals surface area contributed by atoms with Crippen molar-refractivity contribution < 1.29 is 14.2 Å². The molecule has 0 atom stereocenters. The van der Waals surface area contributed by atoms with Gasteiger partial charge in [-0.25, -0.2) is 4.98 Å². The number of benzene rings is 2. The molecule has 0 aliphatic carbocycles. The summed E-state index contributed by atoms with van der Waals surface area (Å²) in [7, 11) is 0. The molecule has 1 aromatic heterocycles. The Hall–Kier alpha value is -1.70. The fourth-order valence-electron chi connectivity index (χ4n) is 3.16. The third-order valence-electron chi connectivity index (χ3n) is 4.64. The highest BCUT2D eigenvalue weighted by Crippen LogP contribution is 2.37. The van der Waals surface area contributed by atoms with Gasteiger partial charge >= 0.3 is 0 Å². The van der Waals surface area contributed by atoms with Gasteiger partial charge in [-0.15, -0.1) is 0 Å². The minimum atomic E-state index is -0.976. The SMILES string of the molecule is Clc1ccccc1[C@]1(Cn2ccnc2)OC[C@H](OCc2ccc(Br)cc2)CO1. The molecule has 1 aliphatic heterocycles. The molecule has 1 aliphatic rings. The van der Waals surface area contributed by atoms with E-state index in [1.54, 1.807) is 12.5 Å². The Morgan fingerprint density at radius 2 is 1.89 bits per heavy atom. The third-order valence-corrected chi connectivity index (χ3v) is 5.50. The van der Waals surface area contributed by atoms with E-state index < -0.39 is 5.79 Å². The van der Waals surface area contributed by atoms with E-state index in [1.165, 1.54) is 0 Å². The van der Waals surface area contributed by atoms with Crippen LogP contribution in [0.2, 0.25) is 5.02 Å². The molecular weight excluding hydrogens is 444 g/mol. The first-order valence-electron chi connectivity index (χ1n) is 8.99. The smallest absolute Gasteiger partial charge is 0.215 e. The second kappa shape index (κ2) is 8.76. The Balaban J connectivity index is 1.46. The Morgan fingerprint density at radius 3 is 2.57 bits per heavy atom. The van der Waals surface area contributed by atoms with Crippen molar-refractivity contribution in [2.24, 2.45) is 0 Å². The Kier molecular flexibility index (Phi) is 6.13. The van der Waals surface area contributed by atoms with E-state index in [4.69, 9.17) is 25.8 Å². The van der Waals surface area contributed by atoms with Crippen LogP contribution in [0.3, 0.4) is 0 Å². The summed E-state index contributed by atoms with van der Waals surface area (Å²) in [5, 5.41) is 0.608. The molecule has 28 heavy (non-hydrogen) atoms. The maximum Gasteiger partial charge on any atom is 0.215 e. The van der Waals surface area contributed by atoms with Gasteiger partial charge in [0, 0.05) is 27.5 Å². The van der Waals surface area contributed by atoms with Crippen molar-refractivity contribution in [3.05, 3.63) is 87.9 Å². The van der Waals surface area contributed by atoms with Crippen LogP contribution in [-0.4, -0.2) is 28.9 Å². The third kappa shape index (κ3) is 4.47. The van der Waals surface area contributed by atoms with E-state index in [9.17, 15) is 0 Å². The molecule has 2 aromatic carbocycles. The molecule has 0 radical (unpaired) electrons. The molecule has 1 fully saturated rings. The van der Waals surface area contributed by atoms with E-state index >= 15 is 0 Å². The maximum atomic E-state index is 6.46. The van der Waals surface area contributed by atoms with Crippen molar-refractivity contribution in [2.75, 3.05) is 13.2 Å². The fourth-order valence-corrected chi connectivity index (χ4v) is 3.70. The molecule has 2 heterocycles. The number of rotatable bonds is 6. The van der Waals surface area contributed by atoms with Gasteiger partial charge in [0.15, 0.2) is 0 Å². The molecular formula is C21H20BrClN2O3. The highest BCUT2D eigenvalue weighted by molar-refractivity contribution is 9.10. The van der Waals surface area contributed by atoms with E-state index in [-0.39, 0.29) is 6.10 Å². The monoisotopic (exact) mass is 462 g/mol. The van der Waals surface area contributed by atoms with Crippen LogP contribution in [0.25, 0.3) is 0 Å². The topological polar surface area (TPSA) is 45.5 Å². The molecule has 3 aromatic rings. The summed E-state index contributed by atoms with van der Waals surface area (Å²) < 4.78 is 21.4. The first-order valence-corrected chi connectivity index (χ1v) is 10.2. The molecule has 0 N–H and O–H groups in total. The lowest BCUT2D eigenvalue weighted by atomic mass is 10.0. The molecule has 1 saturated heterocycles. The van der Waals surface area contributed by atoms with Crippen molar-refractivity contribution in [2.45, 2.75) is 25.0 Å². The quantitative estimate of drug-likeness (QED) is 0.527. The summed E-state index contributed by atoms with van der Waals surface area (Å²) in [6.07, 6.45) is 5.19. The number of nitrogens with zero attached hydrogens (tertiary/aromatic N) is 2. The van der Waals surface area contributed by atoms with Crippen LogP contribution < -0.4 is 0 Å². The molecule has 4 rings (SSSR count). The van der Waals surface area contributed by atoms with Crippen molar-refractivity contribution in [3.63, 3.8) is 0 Å². The molecule has 7 heteroatoms. The van der Waals surface area contributed by atoms with E-state index in [0.717, 1.165) is 15.6 Å². The molecule has 0 amide bonds. The maximum absolute atomic E-state index is 6.46. The zero-order valence-electron chi connectivity index (χ0n) is 15.1. The van der Waals surface area contributed by atoms with Crippen LogP contribution in [0, 0.1) is 0 Å². The van der Waals surface area contributed by atoms with Crippen LogP contribution in [0.1, 0.15) is 11.1 Å².